The van der Waals surface area contributed by atoms with Crippen LogP contribution in [0, 0.1) is 0 Å². The van der Waals surface area contributed by atoms with Gasteiger partial charge < -0.3 is 15.2 Å². The van der Waals surface area contributed by atoms with Crippen molar-refractivity contribution in [3.63, 3.8) is 0 Å². The van der Waals surface area contributed by atoms with Gasteiger partial charge in [0, 0.05) is 23.1 Å². The number of carbonyl (C=O) groups excluding carboxylic acids is 2. The predicted molar refractivity (Wildman–Crippen MR) is 110 cm³/mol. The summed E-state index contributed by atoms with van der Waals surface area (Å²) in [7, 11) is 0. The van der Waals surface area contributed by atoms with Crippen molar-refractivity contribution in [2.24, 2.45) is 0 Å². The summed E-state index contributed by atoms with van der Waals surface area (Å²) in [6.07, 6.45) is 4.41. The lowest BCUT2D eigenvalue weighted by atomic mass is 10.2. The molecule has 0 saturated carbocycles. The molecule has 2 amide bonds. The Morgan fingerprint density at radius 3 is 2.85 bits per heavy atom. The van der Waals surface area contributed by atoms with Crippen molar-refractivity contribution in [3.8, 4) is 0 Å². The number of fused-ring (bicyclic) bond motifs is 1. The SMILES string of the molecule is O=C(CSCC(=O)Nc1cccc(Br)c1)NCc1nnc2n1CCCCC2. The normalized spacial score (nSPS) is 13.5. The van der Waals surface area contributed by atoms with Gasteiger partial charge in [0.1, 0.15) is 5.82 Å². The van der Waals surface area contributed by atoms with E-state index in [2.05, 4.69) is 41.3 Å². The number of halogens is 1. The number of carbonyl (C=O) groups is 2. The van der Waals surface area contributed by atoms with Gasteiger partial charge in [-0.2, -0.15) is 0 Å². The molecule has 1 aromatic carbocycles. The Bertz CT molecular complexity index is 811. The average molecular weight is 452 g/mol. The molecule has 0 bridgehead atoms. The first-order valence-electron chi connectivity index (χ1n) is 8.92. The van der Waals surface area contributed by atoms with E-state index >= 15 is 0 Å². The summed E-state index contributed by atoms with van der Waals surface area (Å²) >= 11 is 4.65. The fourth-order valence-corrected chi connectivity index (χ4v) is 3.95. The third kappa shape index (κ3) is 6.07. The van der Waals surface area contributed by atoms with Gasteiger partial charge in [-0.25, -0.2) is 0 Å². The number of hydrogen-bond acceptors (Lipinski definition) is 5. The number of aromatic nitrogens is 3. The summed E-state index contributed by atoms with van der Waals surface area (Å²) < 4.78 is 3.02. The fraction of sp³-hybridized carbons (Fsp3) is 0.444. The van der Waals surface area contributed by atoms with Gasteiger partial charge in [-0.3, -0.25) is 9.59 Å². The molecule has 2 heterocycles. The van der Waals surface area contributed by atoms with E-state index in [9.17, 15) is 9.59 Å². The third-order valence-electron chi connectivity index (χ3n) is 4.20. The summed E-state index contributed by atoms with van der Waals surface area (Å²) in [6, 6.07) is 7.40. The number of aryl methyl sites for hydroxylation is 1. The van der Waals surface area contributed by atoms with Crippen LogP contribution in [0.4, 0.5) is 5.69 Å². The number of nitrogens with zero attached hydrogens (tertiary/aromatic N) is 3. The molecule has 2 aromatic rings. The lowest BCUT2D eigenvalue weighted by Gasteiger charge is -2.08. The highest BCUT2D eigenvalue weighted by Gasteiger charge is 2.15. The molecule has 2 N–H and O–H groups in total. The van der Waals surface area contributed by atoms with Crippen LogP contribution in [0.15, 0.2) is 28.7 Å². The van der Waals surface area contributed by atoms with Crippen molar-refractivity contribution in [1.29, 1.82) is 0 Å². The zero-order valence-corrected chi connectivity index (χ0v) is 17.3. The molecule has 0 fully saturated rings. The fourth-order valence-electron chi connectivity index (χ4n) is 2.90. The maximum Gasteiger partial charge on any atom is 0.234 e. The minimum Gasteiger partial charge on any atom is -0.348 e. The van der Waals surface area contributed by atoms with Gasteiger partial charge in [-0.15, -0.1) is 22.0 Å². The zero-order chi connectivity index (χ0) is 19.1. The molecule has 1 aliphatic heterocycles. The molecular formula is C18H22BrN5O2S. The number of hydrogen-bond donors (Lipinski definition) is 2. The summed E-state index contributed by atoms with van der Waals surface area (Å²) in [6.45, 7) is 1.29. The van der Waals surface area contributed by atoms with Crippen molar-refractivity contribution in [1.82, 2.24) is 20.1 Å². The van der Waals surface area contributed by atoms with Crippen molar-refractivity contribution in [2.75, 3.05) is 16.8 Å². The molecular weight excluding hydrogens is 430 g/mol. The Labute approximate surface area is 170 Å². The first-order chi connectivity index (χ1) is 13.1. The van der Waals surface area contributed by atoms with E-state index in [4.69, 9.17) is 0 Å². The Morgan fingerprint density at radius 1 is 1.15 bits per heavy atom. The molecule has 0 aliphatic carbocycles. The maximum absolute atomic E-state index is 12.0. The molecule has 0 saturated heterocycles. The lowest BCUT2D eigenvalue weighted by Crippen LogP contribution is -2.27. The van der Waals surface area contributed by atoms with Crippen molar-refractivity contribution >= 4 is 45.2 Å². The van der Waals surface area contributed by atoms with Gasteiger partial charge in [0.15, 0.2) is 5.82 Å². The minimum absolute atomic E-state index is 0.110. The topological polar surface area (TPSA) is 88.9 Å². The molecule has 27 heavy (non-hydrogen) atoms. The quantitative estimate of drug-likeness (QED) is 0.675. The smallest absolute Gasteiger partial charge is 0.234 e. The highest BCUT2D eigenvalue weighted by molar-refractivity contribution is 9.10. The Kier molecular flexibility index (Phi) is 7.28. The first-order valence-corrected chi connectivity index (χ1v) is 10.9. The number of benzene rings is 1. The summed E-state index contributed by atoms with van der Waals surface area (Å²) in [4.78, 5) is 24.0. The van der Waals surface area contributed by atoms with Crippen LogP contribution in [-0.4, -0.2) is 38.1 Å². The largest absolute Gasteiger partial charge is 0.348 e. The predicted octanol–water partition coefficient (Wildman–Crippen LogP) is 2.76. The molecule has 0 radical (unpaired) electrons. The van der Waals surface area contributed by atoms with Crippen molar-refractivity contribution in [3.05, 3.63) is 40.4 Å². The van der Waals surface area contributed by atoms with E-state index in [0.29, 0.717) is 6.54 Å². The minimum atomic E-state index is -0.131. The second kappa shape index (κ2) is 9.89. The third-order valence-corrected chi connectivity index (χ3v) is 5.63. The molecule has 0 unspecified atom stereocenters. The molecule has 0 atom stereocenters. The highest BCUT2D eigenvalue weighted by Crippen LogP contribution is 2.16. The van der Waals surface area contributed by atoms with E-state index < -0.39 is 0 Å². The molecule has 3 rings (SSSR count). The number of rotatable bonds is 7. The van der Waals surface area contributed by atoms with Crippen LogP contribution < -0.4 is 10.6 Å². The zero-order valence-electron chi connectivity index (χ0n) is 14.9. The molecule has 7 nitrogen and oxygen atoms in total. The summed E-state index contributed by atoms with van der Waals surface area (Å²) in [5, 5.41) is 14.1. The van der Waals surface area contributed by atoms with E-state index in [1.807, 2.05) is 24.3 Å². The van der Waals surface area contributed by atoms with Crippen molar-refractivity contribution < 1.29 is 9.59 Å². The molecule has 0 spiro atoms. The second-order valence-corrected chi connectivity index (χ2v) is 8.22. The van der Waals surface area contributed by atoms with Crippen LogP contribution in [0.5, 0.6) is 0 Å². The highest BCUT2D eigenvalue weighted by atomic mass is 79.9. The summed E-state index contributed by atoms with van der Waals surface area (Å²) in [5.41, 5.74) is 0.729. The van der Waals surface area contributed by atoms with Crippen LogP contribution in [0.25, 0.3) is 0 Å². The van der Waals surface area contributed by atoms with Crippen LogP contribution in [0.2, 0.25) is 0 Å². The van der Waals surface area contributed by atoms with Crippen LogP contribution in [0.3, 0.4) is 0 Å². The van der Waals surface area contributed by atoms with E-state index in [1.54, 1.807) is 0 Å². The van der Waals surface area contributed by atoms with Gasteiger partial charge in [0.2, 0.25) is 11.8 Å². The molecule has 1 aromatic heterocycles. The first kappa shape index (κ1) is 19.9. The van der Waals surface area contributed by atoms with E-state index in [-0.39, 0.29) is 23.3 Å². The number of nitrogens with one attached hydrogen (secondary N) is 2. The maximum atomic E-state index is 12.0. The number of anilines is 1. The van der Waals surface area contributed by atoms with E-state index in [0.717, 1.165) is 47.6 Å². The monoisotopic (exact) mass is 451 g/mol. The molecule has 9 heteroatoms. The van der Waals surface area contributed by atoms with Gasteiger partial charge >= 0.3 is 0 Å². The van der Waals surface area contributed by atoms with Gasteiger partial charge in [-0.1, -0.05) is 28.4 Å². The van der Waals surface area contributed by atoms with Crippen LogP contribution in [-0.2, 0) is 29.1 Å². The summed E-state index contributed by atoms with van der Waals surface area (Å²) in [5.74, 6) is 2.02. The molecule has 1 aliphatic rings. The van der Waals surface area contributed by atoms with Gasteiger partial charge in [-0.05, 0) is 31.0 Å². The van der Waals surface area contributed by atoms with Crippen LogP contribution >= 0.6 is 27.7 Å². The standard InChI is InChI=1S/C18H22BrN5O2S/c19-13-5-4-6-14(9-13)21-18(26)12-27-11-17(25)20-10-16-23-22-15-7-2-1-3-8-24(15)16/h4-6,9H,1-3,7-8,10-12H2,(H,20,25)(H,21,26). The van der Waals surface area contributed by atoms with Gasteiger partial charge in [0.05, 0.1) is 18.1 Å². The lowest BCUT2D eigenvalue weighted by molar-refractivity contribution is -0.118. The second-order valence-electron chi connectivity index (χ2n) is 6.32. The number of amides is 2. The van der Waals surface area contributed by atoms with Gasteiger partial charge in [0.25, 0.3) is 0 Å². The Hall–Kier alpha value is -1.87. The molecule has 144 valence electrons. The Balaban J connectivity index is 1.37. The van der Waals surface area contributed by atoms with Crippen molar-refractivity contribution in [2.45, 2.75) is 38.8 Å². The van der Waals surface area contributed by atoms with E-state index in [1.165, 1.54) is 18.2 Å². The Morgan fingerprint density at radius 2 is 2.00 bits per heavy atom. The average Bonchev–Trinajstić information content (AvgIpc) is 2.86. The van der Waals surface area contributed by atoms with Crippen LogP contribution in [0.1, 0.15) is 30.9 Å². The number of thioether (sulfide) groups is 1.